The van der Waals surface area contributed by atoms with Gasteiger partial charge in [-0.1, -0.05) is 53.5 Å². The molecule has 3 heteroatoms. The molecule has 1 nitrogen and oxygen atoms in total. The second-order valence-electron chi connectivity index (χ2n) is 5.32. The Hall–Kier alpha value is -1.02. The predicted molar refractivity (Wildman–Crippen MR) is 83.7 cm³/mol. The third-order valence-electron chi connectivity index (χ3n) is 4.12. The SMILES string of the molecule is OC(Cc1c(Cl)cccc1Cl)C1CCc2ccccc21. The third-order valence-corrected chi connectivity index (χ3v) is 4.83. The molecule has 0 fully saturated rings. The van der Waals surface area contributed by atoms with Crippen LogP contribution in [0.25, 0.3) is 0 Å². The molecule has 2 aromatic rings. The fraction of sp³-hybridized carbons (Fsp3) is 0.294. The van der Waals surface area contributed by atoms with Crippen LogP contribution in [0, 0.1) is 0 Å². The molecule has 0 radical (unpaired) electrons. The van der Waals surface area contributed by atoms with Gasteiger partial charge in [-0.25, -0.2) is 0 Å². The molecule has 0 heterocycles. The van der Waals surface area contributed by atoms with E-state index in [1.165, 1.54) is 11.1 Å². The summed E-state index contributed by atoms with van der Waals surface area (Å²) >= 11 is 12.4. The maximum absolute atomic E-state index is 10.6. The maximum Gasteiger partial charge on any atom is 0.0650 e. The number of halogens is 2. The summed E-state index contributed by atoms with van der Waals surface area (Å²) in [6.45, 7) is 0. The molecule has 0 spiro atoms. The summed E-state index contributed by atoms with van der Waals surface area (Å²) in [4.78, 5) is 0. The molecule has 2 unspecified atom stereocenters. The van der Waals surface area contributed by atoms with Gasteiger partial charge in [-0.15, -0.1) is 0 Å². The molecule has 1 aliphatic carbocycles. The average Bonchev–Trinajstić information content (AvgIpc) is 2.87. The fourth-order valence-corrected chi connectivity index (χ4v) is 3.62. The number of aliphatic hydroxyl groups is 1. The van der Waals surface area contributed by atoms with Gasteiger partial charge in [0.2, 0.25) is 0 Å². The Morgan fingerprint density at radius 1 is 1.05 bits per heavy atom. The zero-order chi connectivity index (χ0) is 14.1. The highest BCUT2D eigenvalue weighted by Crippen LogP contribution is 2.37. The molecule has 0 aromatic heterocycles. The molecule has 0 amide bonds. The molecule has 104 valence electrons. The van der Waals surface area contributed by atoms with Gasteiger partial charge in [-0.2, -0.15) is 0 Å². The Labute approximate surface area is 129 Å². The lowest BCUT2D eigenvalue weighted by Crippen LogP contribution is -2.19. The van der Waals surface area contributed by atoms with Crippen LogP contribution in [0.4, 0.5) is 0 Å². The minimum atomic E-state index is -0.448. The fourth-order valence-electron chi connectivity index (χ4n) is 3.07. The molecule has 0 bridgehead atoms. The van der Waals surface area contributed by atoms with E-state index in [0.717, 1.165) is 18.4 Å². The topological polar surface area (TPSA) is 20.2 Å². The van der Waals surface area contributed by atoms with E-state index in [9.17, 15) is 5.11 Å². The van der Waals surface area contributed by atoms with Crippen molar-refractivity contribution >= 4 is 23.2 Å². The minimum Gasteiger partial charge on any atom is -0.392 e. The molecule has 2 aromatic carbocycles. The maximum atomic E-state index is 10.6. The van der Waals surface area contributed by atoms with E-state index in [-0.39, 0.29) is 5.92 Å². The average molecular weight is 307 g/mol. The van der Waals surface area contributed by atoms with Crippen molar-refractivity contribution in [1.29, 1.82) is 0 Å². The molecular weight excluding hydrogens is 291 g/mol. The summed E-state index contributed by atoms with van der Waals surface area (Å²) in [5.74, 6) is 0.179. The summed E-state index contributed by atoms with van der Waals surface area (Å²) in [7, 11) is 0. The van der Waals surface area contributed by atoms with Crippen LogP contribution in [0.2, 0.25) is 10.0 Å². The van der Waals surface area contributed by atoms with E-state index in [1.807, 2.05) is 24.3 Å². The monoisotopic (exact) mass is 306 g/mol. The summed E-state index contributed by atoms with van der Waals surface area (Å²) < 4.78 is 0. The van der Waals surface area contributed by atoms with Crippen LogP contribution in [0.5, 0.6) is 0 Å². The molecule has 2 atom stereocenters. The normalized spacial score (nSPS) is 18.9. The second-order valence-corrected chi connectivity index (χ2v) is 6.13. The van der Waals surface area contributed by atoms with Crippen molar-refractivity contribution < 1.29 is 5.11 Å². The van der Waals surface area contributed by atoms with Gasteiger partial charge in [0.1, 0.15) is 0 Å². The van der Waals surface area contributed by atoms with Crippen LogP contribution in [-0.4, -0.2) is 11.2 Å². The Kier molecular flexibility index (Phi) is 4.02. The molecule has 1 N–H and O–H groups in total. The van der Waals surface area contributed by atoms with E-state index in [1.54, 1.807) is 0 Å². The van der Waals surface area contributed by atoms with Crippen LogP contribution in [0.3, 0.4) is 0 Å². The minimum absolute atomic E-state index is 0.179. The van der Waals surface area contributed by atoms with Gasteiger partial charge in [0.25, 0.3) is 0 Å². The Morgan fingerprint density at radius 2 is 1.75 bits per heavy atom. The van der Waals surface area contributed by atoms with Crippen molar-refractivity contribution in [2.24, 2.45) is 0 Å². The molecule has 3 rings (SSSR count). The second kappa shape index (κ2) is 5.77. The van der Waals surface area contributed by atoms with Crippen LogP contribution in [-0.2, 0) is 12.8 Å². The molecule has 0 aliphatic heterocycles. The number of aliphatic hydroxyl groups excluding tert-OH is 1. The van der Waals surface area contributed by atoms with Crippen molar-refractivity contribution in [3.63, 3.8) is 0 Å². The summed E-state index contributed by atoms with van der Waals surface area (Å²) in [5.41, 5.74) is 3.46. The van der Waals surface area contributed by atoms with Gasteiger partial charge < -0.3 is 5.11 Å². The quantitative estimate of drug-likeness (QED) is 0.877. The van der Waals surface area contributed by atoms with E-state index in [0.29, 0.717) is 16.5 Å². The van der Waals surface area contributed by atoms with E-state index in [4.69, 9.17) is 23.2 Å². The Morgan fingerprint density at radius 3 is 2.50 bits per heavy atom. The Balaban J connectivity index is 1.83. The van der Waals surface area contributed by atoms with Gasteiger partial charge >= 0.3 is 0 Å². The van der Waals surface area contributed by atoms with Gasteiger partial charge in [0.15, 0.2) is 0 Å². The standard InChI is InChI=1S/C17H16Cl2O/c18-15-6-3-7-16(19)14(15)10-17(20)13-9-8-11-4-1-2-5-12(11)13/h1-7,13,17,20H,8-10H2. The lowest BCUT2D eigenvalue weighted by molar-refractivity contribution is 0.143. The Bertz CT molecular complexity index is 604. The summed E-state index contributed by atoms with van der Waals surface area (Å²) in [5, 5.41) is 11.8. The molecule has 0 saturated heterocycles. The predicted octanol–water partition coefficient (Wildman–Crippen LogP) is 4.63. The van der Waals surface area contributed by atoms with Crippen molar-refractivity contribution in [2.75, 3.05) is 0 Å². The molecular formula is C17H16Cl2O. The van der Waals surface area contributed by atoms with E-state index >= 15 is 0 Å². The molecule has 20 heavy (non-hydrogen) atoms. The first-order valence-electron chi connectivity index (χ1n) is 6.85. The first-order valence-corrected chi connectivity index (χ1v) is 7.61. The van der Waals surface area contributed by atoms with Crippen LogP contribution < -0.4 is 0 Å². The lowest BCUT2D eigenvalue weighted by atomic mass is 9.91. The van der Waals surface area contributed by atoms with Gasteiger partial charge in [0, 0.05) is 22.4 Å². The zero-order valence-electron chi connectivity index (χ0n) is 11.0. The van der Waals surface area contributed by atoms with Crippen molar-refractivity contribution in [3.8, 4) is 0 Å². The zero-order valence-corrected chi connectivity index (χ0v) is 12.5. The largest absolute Gasteiger partial charge is 0.392 e. The van der Waals surface area contributed by atoms with E-state index in [2.05, 4.69) is 18.2 Å². The highest BCUT2D eigenvalue weighted by Gasteiger charge is 2.29. The van der Waals surface area contributed by atoms with Crippen LogP contribution in [0.1, 0.15) is 29.0 Å². The summed E-state index contributed by atoms with van der Waals surface area (Å²) in [6, 6.07) is 13.8. The highest BCUT2D eigenvalue weighted by molar-refractivity contribution is 6.36. The lowest BCUT2D eigenvalue weighted by Gasteiger charge is -2.20. The van der Waals surface area contributed by atoms with Crippen molar-refractivity contribution in [3.05, 3.63) is 69.2 Å². The number of aryl methyl sites for hydroxylation is 1. The van der Waals surface area contributed by atoms with Gasteiger partial charge in [0.05, 0.1) is 6.10 Å². The van der Waals surface area contributed by atoms with E-state index < -0.39 is 6.10 Å². The number of hydrogen-bond acceptors (Lipinski definition) is 1. The number of benzene rings is 2. The number of hydrogen-bond donors (Lipinski definition) is 1. The smallest absolute Gasteiger partial charge is 0.0650 e. The van der Waals surface area contributed by atoms with Crippen molar-refractivity contribution in [1.82, 2.24) is 0 Å². The first-order chi connectivity index (χ1) is 9.66. The third kappa shape index (κ3) is 2.58. The van der Waals surface area contributed by atoms with Crippen LogP contribution in [0.15, 0.2) is 42.5 Å². The number of fused-ring (bicyclic) bond motifs is 1. The highest BCUT2D eigenvalue weighted by atomic mass is 35.5. The van der Waals surface area contributed by atoms with Gasteiger partial charge in [-0.3, -0.25) is 0 Å². The van der Waals surface area contributed by atoms with Crippen molar-refractivity contribution in [2.45, 2.75) is 31.3 Å². The molecule has 1 aliphatic rings. The first kappa shape index (κ1) is 13.9. The van der Waals surface area contributed by atoms with Crippen LogP contribution >= 0.6 is 23.2 Å². The molecule has 0 saturated carbocycles. The van der Waals surface area contributed by atoms with Gasteiger partial charge in [-0.05, 0) is 41.7 Å². The summed E-state index contributed by atoms with van der Waals surface area (Å²) in [6.07, 6.45) is 2.07. The number of rotatable bonds is 3.